The Hall–Kier alpha value is -5.35. The summed E-state index contributed by atoms with van der Waals surface area (Å²) < 4.78 is 23.0. The molecule has 0 rings (SSSR count). The van der Waals surface area contributed by atoms with E-state index in [1.165, 1.54) is 128 Å². The molecule has 0 aromatic rings. The molecule has 0 fully saturated rings. The molecular formula is C86H142NO8+. The number of carboxylic acids is 1. The first-order valence-corrected chi connectivity index (χ1v) is 38.3. The fraction of sp³-hybridized carbons (Fsp3) is 0.640. The number of quaternary nitrogens is 1. The Morgan fingerprint density at radius 2 is 0.568 bits per heavy atom. The summed E-state index contributed by atoms with van der Waals surface area (Å²) in [5, 5.41) is 9.77. The lowest BCUT2D eigenvalue weighted by molar-refractivity contribution is -0.870. The monoisotopic (exact) mass is 1320 g/mol. The van der Waals surface area contributed by atoms with Gasteiger partial charge in [0.2, 0.25) is 0 Å². The number of likely N-dealkylation sites (N-methyl/N-ethyl adjacent to an activating group) is 1. The third kappa shape index (κ3) is 75.9. The molecule has 0 amide bonds. The van der Waals surface area contributed by atoms with Gasteiger partial charge in [-0.1, -0.05) is 325 Å². The van der Waals surface area contributed by atoms with Gasteiger partial charge in [0, 0.05) is 12.8 Å². The Bertz CT molecular complexity index is 2170. The Kier molecular flexibility index (Phi) is 70.2. The van der Waals surface area contributed by atoms with Crippen molar-refractivity contribution in [3.63, 3.8) is 0 Å². The van der Waals surface area contributed by atoms with Crippen molar-refractivity contribution in [2.75, 3.05) is 47.5 Å². The van der Waals surface area contributed by atoms with Crippen molar-refractivity contribution in [1.82, 2.24) is 0 Å². The van der Waals surface area contributed by atoms with Crippen molar-refractivity contribution >= 4 is 17.9 Å². The Morgan fingerprint density at radius 3 is 0.842 bits per heavy atom. The summed E-state index contributed by atoms with van der Waals surface area (Å²) >= 11 is 0. The minimum Gasteiger partial charge on any atom is -0.477 e. The van der Waals surface area contributed by atoms with E-state index in [0.717, 1.165) is 135 Å². The topological polar surface area (TPSA) is 108 Å². The summed E-state index contributed by atoms with van der Waals surface area (Å²) in [5.41, 5.74) is 0. The molecule has 2 atom stereocenters. The molecule has 1 N–H and O–H groups in total. The van der Waals surface area contributed by atoms with Crippen LogP contribution in [0, 0.1) is 0 Å². The number of allylic oxidation sites excluding steroid dienone is 28. The zero-order valence-electron chi connectivity index (χ0n) is 61.5. The molecule has 95 heavy (non-hydrogen) atoms. The van der Waals surface area contributed by atoms with Crippen LogP contribution in [0.2, 0.25) is 0 Å². The van der Waals surface area contributed by atoms with Gasteiger partial charge in [0.25, 0.3) is 6.29 Å². The molecule has 0 aliphatic carbocycles. The van der Waals surface area contributed by atoms with Gasteiger partial charge in [-0.25, -0.2) is 4.79 Å². The second-order valence-electron chi connectivity index (χ2n) is 26.2. The van der Waals surface area contributed by atoms with Crippen LogP contribution < -0.4 is 0 Å². The van der Waals surface area contributed by atoms with Crippen LogP contribution in [0.1, 0.15) is 296 Å². The molecule has 0 saturated heterocycles. The van der Waals surface area contributed by atoms with E-state index in [1.807, 2.05) is 21.1 Å². The largest absolute Gasteiger partial charge is 0.477 e. The average Bonchev–Trinajstić information content (AvgIpc) is 2.92. The van der Waals surface area contributed by atoms with Gasteiger partial charge >= 0.3 is 17.9 Å². The fourth-order valence-corrected chi connectivity index (χ4v) is 10.2. The molecule has 0 aliphatic heterocycles. The number of rotatable bonds is 69. The summed E-state index contributed by atoms with van der Waals surface area (Å²) in [7, 11) is 5.97. The number of hydrogen-bond donors (Lipinski definition) is 1. The molecule has 0 aliphatic rings. The van der Waals surface area contributed by atoms with Crippen LogP contribution in [0.5, 0.6) is 0 Å². The normalized spacial score (nSPS) is 13.7. The van der Waals surface area contributed by atoms with Gasteiger partial charge in [-0.15, -0.1) is 0 Å². The second kappa shape index (κ2) is 74.4. The minimum absolute atomic E-state index is 0.180. The predicted octanol–water partition coefficient (Wildman–Crippen LogP) is 24.6. The van der Waals surface area contributed by atoms with Crippen LogP contribution in [0.3, 0.4) is 0 Å². The lowest BCUT2D eigenvalue weighted by Crippen LogP contribution is -2.40. The number of esters is 2. The van der Waals surface area contributed by atoms with Crippen molar-refractivity contribution in [2.45, 2.75) is 309 Å². The summed E-state index contributed by atoms with van der Waals surface area (Å²) in [5.74, 6) is -2.02. The van der Waals surface area contributed by atoms with Gasteiger partial charge in [-0.3, -0.25) is 9.59 Å². The standard InChI is InChI=1S/C86H141NO8/c1-6-8-10-12-14-16-18-20-22-24-26-28-30-32-34-36-38-39-40-41-42-43-44-45-47-49-51-53-55-57-59-61-63-65-67-69-71-73-75-77-84(89)95-82(81-94-86(85(90)91)92-79-78-87(3,4)5)80-93-83(88)76-74-72-70-68-66-64-62-60-58-56-54-52-50-48-46-37-35-33-31-29-27-25-23-21-19-17-15-13-11-9-7-2/h8-11,14-17,20-23,26-29,32-35,38-39,41-42,46,48,52,54,82,86H,6-7,12-13,18-19,24-25,30-31,36-37,40,43-45,47,49-51,53,55-81H2,1-5H3/p+1/b10-8-,11-9-,16-14-,17-15-,22-20-,23-21-,28-26-,29-27-,34-32-,35-33-,39-38-,42-41-,48-46-,54-52-. The number of carbonyl (C=O) groups is 3. The van der Waals surface area contributed by atoms with Crippen molar-refractivity contribution in [1.29, 1.82) is 0 Å². The highest BCUT2D eigenvalue weighted by molar-refractivity contribution is 5.71. The number of carbonyl (C=O) groups excluding carboxylic acids is 2. The van der Waals surface area contributed by atoms with E-state index >= 15 is 0 Å². The summed E-state index contributed by atoms with van der Waals surface area (Å²) in [4.78, 5) is 37.7. The number of hydrogen-bond acceptors (Lipinski definition) is 7. The van der Waals surface area contributed by atoms with Gasteiger partial charge in [0.15, 0.2) is 6.10 Å². The van der Waals surface area contributed by atoms with Crippen molar-refractivity contribution in [3.05, 3.63) is 170 Å². The molecule has 0 spiro atoms. The number of ether oxygens (including phenoxy) is 4. The Labute approximate surface area is 584 Å². The third-order valence-corrected chi connectivity index (χ3v) is 16.0. The second-order valence-corrected chi connectivity index (χ2v) is 26.2. The van der Waals surface area contributed by atoms with Gasteiger partial charge in [0.05, 0.1) is 34.4 Å². The molecule has 9 nitrogen and oxygen atoms in total. The van der Waals surface area contributed by atoms with E-state index < -0.39 is 24.3 Å². The molecule has 9 heteroatoms. The number of unbranched alkanes of at least 4 members (excludes halogenated alkanes) is 26. The number of nitrogens with zero attached hydrogens (tertiary/aromatic N) is 1. The van der Waals surface area contributed by atoms with Gasteiger partial charge in [-0.05, 0) is 128 Å². The van der Waals surface area contributed by atoms with Crippen LogP contribution in [0.25, 0.3) is 0 Å². The molecule has 0 radical (unpaired) electrons. The van der Waals surface area contributed by atoms with Crippen LogP contribution in [-0.2, 0) is 33.3 Å². The predicted molar refractivity (Wildman–Crippen MR) is 410 cm³/mol. The SMILES string of the molecule is CC/C=C\C/C=C\C/C=C\C/C=C\C/C=C\C/C=C\C/C=C\CCCCCCCCCCCCCCCCCCCC(=O)OC(COC(=O)CCCCCCCCCCC/C=C\C/C=C\C/C=C\C/C=C\C/C=C\C/C=C\C/C=C\CC)COC(OCC[N+](C)(C)C)C(=O)O. The third-order valence-electron chi connectivity index (χ3n) is 16.0. The molecule has 0 bridgehead atoms. The van der Waals surface area contributed by atoms with Crippen molar-refractivity contribution < 1.29 is 42.9 Å². The van der Waals surface area contributed by atoms with Crippen LogP contribution in [-0.4, -0.2) is 87.4 Å². The van der Waals surface area contributed by atoms with E-state index in [0.29, 0.717) is 17.4 Å². The van der Waals surface area contributed by atoms with E-state index in [4.69, 9.17) is 18.9 Å². The van der Waals surface area contributed by atoms with Crippen LogP contribution in [0.15, 0.2) is 170 Å². The zero-order chi connectivity index (χ0) is 69.0. The maximum absolute atomic E-state index is 13.0. The number of aliphatic carboxylic acids is 1. The zero-order valence-corrected chi connectivity index (χ0v) is 61.5. The first kappa shape index (κ1) is 89.6. The molecular weight excluding hydrogens is 1170 g/mol. The van der Waals surface area contributed by atoms with Crippen LogP contribution >= 0.6 is 0 Å². The van der Waals surface area contributed by atoms with Crippen molar-refractivity contribution in [3.8, 4) is 0 Å². The highest BCUT2D eigenvalue weighted by atomic mass is 16.7. The highest BCUT2D eigenvalue weighted by Crippen LogP contribution is 2.17. The first-order valence-electron chi connectivity index (χ1n) is 38.3. The molecule has 0 heterocycles. The van der Waals surface area contributed by atoms with Crippen molar-refractivity contribution in [2.24, 2.45) is 0 Å². The average molecular weight is 1320 g/mol. The highest BCUT2D eigenvalue weighted by Gasteiger charge is 2.25. The number of carboxylic acid groups (broad SMARTS) is 1. The van der Waals surface area contributed by atoms with E-state index in [2.05, 4.69) is 184 Å². The van der Waals surface area contributed by atoms with Crippen LogP contribution in [0.4, 0.5) is 0 Å². The molecule has 0 aromatic heterocycles. The van der Waals surface area contributed by atoms with Gasteiger partial charge < -0.3 is 28.5 Å². The molecule has 2 unspecified atom stereocenters. The quantitative estimate of drug-likeness (QED) is 0.0211. The molecule has 0 saturated carbocycles. The summed E-state index contributed by atoms with van der Waals surface area (Å²) in [6.45, 7) is 4.65. The smallest absolute Gasteiger partial charge is 0.361 e. The minimum atomic E-state index is -1.52. The maximum Gasteiger partial charge on any atom is 0.361 e. The molecule has 0 aromatic carbocycles. The Balaban J connectivity index is 4.10. The summed E-state index contributed by atoms with van der Waals surface area (Å²) in [6, 6.07) is 0. The molecule has 538 valence electrons. The van der Waals surface area contributed by atoms with E-state index in [9.17, 15) is 19.5 Å². The Morgan fingerprint density at radius 1 is 0.316 bits per heavy atom. The first-order chi connectivity index (χ1) is 46.6. The van der Waals surface area contributed by atoms with E-state index in [-0.39, 0.29) is 38.6 Å². The van der Waals surface area contributed by atoms with Gasteiger partial charge in [0.1, 0.15) is 13.2 Å². The van der Waals surface area contributed by atoms with Gasteiger partial charge in [-0.2, -0.15) is 0 Å². The summed E-state index contributed by atoms with van der Waals surface area (Å²) in [6.07, 6.45) is 109. The maximum atomic E-state index is 13.0. The van der Waals surface area contributed by atoms with E-state index in [1.54, 1.807) is 0 Å². The lowest BCUT2D eigenvalue weighted by atomic mass is 10.0. The lowest BCUT2D eigenvalue weighted by Gasteiger charge is -2.25. The fourth-order valence-electron chi connectivity index (χ4n) is 10.2.